The van der Waals surface area contributed by atoms with Crippen LogP contribution in [0.25, 0.3) is 0 Å². The molecule has 124 valence electrons. The number of likely N-dealkylation sites (tertiary alicyclic amines) is 1. The average molecular weight is 327 g/mol. The zero-order valence-electron chi connectivity index (χ0n) is 13.2. The minimum Gasteiger partial charge on any atom is -0.494 e. The van der Waals surface area contributed by atoms with Crippen LogP contribution < -0.4 is 9.64 Å². The fourth-order valence-electron chi connectivity index (χ4n) is 3.56. The summed E-state index contributed by atoms with van der Waals surface area (Å²) in [6.45, 7) is 1.61. The van der Waals surface area contributed by atoms with Crippen molar-refractivity contribution in [3.8, 4) is 5.75 Å². The molecule has 0 spiro atoms. The number of hydrogen-bond donors (Lipinski definition) is 0. The molecule has 2 amide bonds. The van der Waals surface area contributed by atoms with Gasteiger partial charge in [0.05, 0.1) is 36.7 Å². The SMILES string of the molecule is COc1cnccc1C(=O)N1C[C@H]2CN(c3ccoc3)C(=O)[C@H]2C1. The van der Waals surface area contributed by atoms with Gasteiger partial charge >= 0.3 is 0 Å². The Morgan fingerprint density at radius 1 is 1.33 bits per heavy atom. The van der Waals surface area contributed by atoms with Crippen LogP contribution >= 0.6 is 0 Å². The molecule has 2 aromatic rings. The third kappa shape index (κ3) is 2.24. The van der Waals surface area contributed by atoms with Crippen LogP contribution in [0.1, 0.15) is 10.4 Å². The summed E-state index contributed by atoms with van der Waals surface area (Å²) in [6.07, 6.45) is 6.22. The second kappa shape index (κ2) is 5.67. The zero-order chi connectivity index (χ0) is 16.7. The highest BCUT2D eigenvalue weighted by Gasteiger charge is 2.48. The number of nitrogens with zero attached hydrogens (tertiary/aromatic N) is 3. The summed E-state index contributed by atoms with van der Waals surface area (Å²) in [5, 5.41) is 0. The highest BCUT2D eigenvalue weighted by Crippen LogP contribution is 2.36. The topological polar surface area (TPSA) is 75.9 Å². The fourth-order valence-corrected chi connectivity index (χ4v) is 3.56. The molecule has 2 aromatic heterocycles. The lowest BCUT2D eigenvalue weighted by Gasteiger charge is -2.21. The highest BCUT2D eigenvalue weighted by molar-refractivity contribution is 6.00. The van der Waals surface area contributed by atoms with Crippen molar-refractivity contribution < 1.29 is 18.7 Å². The molecule has 2 aliphatic rings. The van der Waals surface area contributed by atoms with Gasteiger partial charge in [-0.05, 0) is 6.07 Å². The first-order valence-corrected chi connectivity index (χ1v) is 7.80. The lowest BCUT2D eigenvalue weighted by Crippen LogP contribution is -2.35. The van der Waals surface area contributed by atoms with Crippen LogP contribution in [0, 0.1) is 11.8 Å². The van der Waals surface area contributed by atoms with Gasteiger partial charge in [0.25, 0.3) is 5.91 Å². The summed E-state index contributed by atoms with van der Waals surface area (Å²) >= 11 is 0. The Balaban J connectivity index is 1.51. The van der Waals surface area contributed by atoms with Gasteiger partial charge in [-0.25, -0.2) is 0 Å². The van der Waals surface area contributed by atoms with Gasteiger partial charge in [0.1, 0.15) is 12.0 Å². The lowest BCUT2D eigenvalue weighted by atomic mass is 10.0. The standard InChI is InChI=1S/C17H17N3O4/c1-23-15-6-18-4-2-13(15)16(21)19-7-11-8-20(12-3-5-24-10-12)17(22)14(11)9-19/h2-6,10-11,14H,7-9H2,1H3/t11-,14-/m0/s1. The number of rotatable bonds is 3. The second-order valence-electron chi connectivity index (χ2n) is 6.08. The fraction of sp³-hybridized carbons (Fsp3) is 0.353. The third-order valence-corrected chi connectivity index (χ3v) is 4.78. The van der Waals surface area contributed by atoms with Crippen molar-refractivity contribution in [3.05, 3.63) is 42.6 Å². The van der Waals surface area contributed by atoms with Crippen LogP contribution in [-0.2, 0) is 4.79 Å². The number of furan rings is 1. The van der Waals surface area contributed by atoms with Crippen LogP contribution in [0.2, 0.25) is 0 Å². The van der Waals surface area contributed by atoms with Crippen molar-refractivity contribution in [1.82, 2.24) is 9.88 Å². The number of ether oxygens (including phenoxy) is 1. The van der Waals surface area contributed by atoms with Gasteiger partial charge in [0.2, 0.25) is 5.91 Å². The molecule has 0 bridgehead atoms. The van der Waals surface area contributed by atoms with Crippen LogP contribution in [0.5, 0.6) is 5.75 Å². The molecule has 2 aliphatic heterocycles. The zero-order valence-corrected chi connectivity index (χ0v) is 13.2. The van der Waals surface area contributed by atoms with E-state index in [-0.39, 0.29) is 23.7 Å². The summed E-state index contributed by atoms with van der Waals surface area (Å²) in [7, 11) is 1.51. The number of pyridine rings is 1. The highest BCUT2D eigenvalue weighted by atomic mass is 16.5. The molecule has 2 atom stereocenters. The number of hydrogen-bond acceptors (Lipinski definition) is 5. The summed E-state index contributed by atoms with van der Waals surface area (Å²) in [5.41, 5.74) is 1.26. The normalized spacial score (nSPS) is 22.8. The van der Waals surface area contributed by atoms with E-state index in [1.165, 1.54) is 13.3 Å². The molecule has 0 unspecified atom stereocenters. The van der Waals surface area contributed by atoms with Crippen molar-refractivity contribution in [2.45, 2.75) is 0 Å². The third-order valence-electron chi connectivity index (χ3n) is 4.78. The smallest absolute Gasteiger partial charge is 0.257 e. The lowest BCUT2D eigenvalue weighted by molar-refractivity contribution is -0.120. The monoisotopic (exact) mass is 327 g/mol. The first-order valence-electron chi connectivity index (χ1n) is 7.80. The second-order valence-corrected chi connectivity index (χ2v) is 6.08. The number of fused-ring (bicyclic) bond motifs is 1. The van der Waals surface area contributed by atoms with Crippen LogP contribution in [0.4, 0.5) is 5.69 Å². The van der Waals surface area contributed by atoms with Gasteiger partial charge in [0.15, 0.2) is 0 Å². The number of carbonyl (C=O) groups excluding carboxylic acids is 2. The molecule has 4 rings (SSSR count). The van der Waals surface area contributed by atoms with Crippen molar-refractivity contribution in [1.29, 1.82) is 0 Å². The number of anilines is 1. The molecule has 24 heavy (non-hydrogen) atoms. The molecule has 0 aliphatic carbocycles. The molecule has 7 heteroatoms. The van der Waals surface area contributed by atoms with E-state index in [1.54, 1.807) is 40.7 Å². The minimum absolute atomic E-state index is 0.0541. The first kappa shape index (κ1) is 14.7. The van der Waals surface area contributed by atoms with E-state index < -0.39 is 0 Å². The maximum absolute atomic E-state index is 12.8. The molecule has 0 N–H and O–H groups in total. The summed E-state index contributed by atoms with van der Waals surface area (Å²) < 4.78 is 10.3. The maximum Gasteiger partial charge on any atom is 0.257 e. The predicted molar refractivity (Wildman–Crippen MR) is 84.7 cm³/mol. The van der Waals surface area contributed by atoms with Crippen molar-refractivity contribution in [2.75, 3.05) is 31.6 Å². The Hall–Kier alpha value is -2.83. The first-order chi connectivity index (χ1) is 11.7. The summed E-state index contributed by atoms with van der Waals surface area (Å²) in [6, 6.07) is 3.43. The molecular weight excluding hydrogens is 310 g/mol. The van der Waals surface area contributed by atoms with Crippen molar-refractivity contribution >= 4 is 17.5 Å². The summed E-state index contributed by atoms with van der Waals surface area (Å²) in [5.74, 6) is 0.372. The molecule has 2 fully saturated rings. The Kier molecular flexibility index (Phi) is 3.48. The quantitative estimate of drug-likeness (QED) is 0.852. The van der Waals surface area contributed by atoms with Gasteiger partial charge in [-0.2, -0.15) is 0 Å². The van der Waals surface area contributed by atoms with Gasteiger partial charge < -0.3 is 19.0 Å². The molecule has 0 aromatic carbocycles. The molecule has 2 saturated heterocycles. The number of methoxy groups -OCH3 is 1. The number of carbonyl (C=O) groups is 2. The van der Waals surface area contributed by atoms with Gasteiger partial charge in [-0.1, -0.05) is 0 Å². The largest absolute Gasteiger partial charge is 0.494 e. The Morgan fingerprint density at radius 3 is 2.92 bits per heavy atom. The van der Waals surface area contributed by atoms with E-state index in [1.807, 2.05) is 0 Å². The summed E-state index contributed by atoms with van der Waals surface area (Å²) in [4.78, 5) is 32.8. The van der Waals surface area contributed by atoms with E-state index >= 15 is 0 Å². The van der Waals surface area contributed by atoms with E-state index in [2.05, 4.69) is 4.98 Å². The Bertz CT molecular complexity index is 774. The Labute approximate surface area is 138 Å². The number of amides is 2. The average Bonchev–Trinajstić information content (AvgIpc) is 3.32. The molecule has 0 radical (unpaired) electrons. The van der Waals surface area contributed by atoms with Gasteiger partial charge in [-0.15, -0.1) is 0 Å². The van der Waals surface area contributed by atoms with Crippen molar-refractivity contribution in [3.63, 3.8) is 0 Å². The van der Waals surface area contributed by atoms with Crippen LogP contribution in [0.3, 0.4) is 0 Å². The molecular formula is C17H17N3O4. The van der Waals surface area contributed by atoms with Crippen LogP contribution in [-0.4, -0.2) is 48.4 Å². The predicted octanol–water partition coefficient (Wildman–Crippen LogP) is 1.42. The molecule has 7 nitrogen and oxygen atoms in total. The van der Waals surface area contributed by atoms with Gasteiger partial charge in [0, 0.05) is 37.8 Å². The van der Waals surface area contributed by atoms with Crippen molar-refractivity contribution in [2.24, 2.45) is 11.8 Å². The Morgan fingerprint density at radius 2 is 2.21 bits per heavy atom. The number of aromatic nitrogens is 1. The molecule has 4 heterocycles. The maximum atomic E-state index is 12.8. The van der Waals surface area contributed by atoms with Crippen LogP contribution in [0.15, 0.2) is 41.5 Å². The van der Waals surface area contributed by atoms with Gasteiger partial charge in [-0.3, -0.25) is 14.6 Å². The van der Waals surface area contributed by atoms with E-state index in [9.17, 15) is 9.59 Å². The van der Waals surface area contributed by atoms with E-state index in [0.717, 1.165) is 5.69 Å². The minimum atomic E-state index is -0.156. The van der Waals surface area contributed by atoms with E-state index in [4.69, 9.17) is 9.15 Å². The van der Waals surface area contributed by atoms with E-state index in [0.29, 0.717) is 30.9 Å². The molecule has 0 saturated carbocycles.